The highest BCUT2D eigenvalue weighted by molar-refractivity contribution is 5.51. The molecule has 0 spiro atoms. The van der Waals surface area contributed by atoms with E-state index in [9.17, 15) is 56.2 Å². The normalized spacial score (nSPS) is 40.9. The number of aromatic hydroxyl groups is 1. The van der Waals surface area contributed by atoms with E-state index in [1.54, 1.807) is 12.1 Å². The van der Waals surface area contributed by atoms with Crippen molar-refractivity contribution in [2.45, 2.75) is 157 Å². The monoisotopic (exact) mass is 760 g/mol. The number of aliphatic hydroxyl groups excluding tert-OH is 10. The highest BCUT2D eigenvalue weighted by atomic mass is 16.8. The molecule has 302 valence electrons. The highest BCUT2D eigenvalue weighted by Crippen LogP contribution is 2.43. The van der Waals surface area contributed by atoms with Crippen molar-refractivity contribution in [2.75, 3.05) is 19.8 Å². The molecule has 0 radical (unpaired) electrons. The number of benzene rings is 1. The number of aryl methyl sites for hydroxylation is 1. The number of hydrogen-bond donors (Lipinski definition) is 11. The minimum Gasteiger partial charge on any atom is -0.507 e. The van der Waals surface area contributed by atoms with Crippen LogP contribution < -0.4 is 4.74 Å². The van der Waals surface area contributed by atoms with Crippen molar-refractivity contribution in [3.8, 4) is 11.5 Å². The second-order valence-corrected chi connectivity index (χ2v) is 14.4. The molecule has 0 saturated carbocycles. The number of aliphatic hydroxyl groups is 10. The lowest BCUT2D eigenvalue weighted by Gasteiger charge is -2.48. The average molecular weight is 761 g/mol. The molecule has 1 aliphatic carbocycles. The van der Waals surface area contributed by atoms with Crippen LogP contribution in [0.3, 0.4) is 0 Å². The predicted octanol–water partition coefficient (Wildman–Crippen LogP) is -1.83. The van der Waals surface area contributed by atoms with Gasteiger partial charge in [0.25, 0.3) is 0 Å². The molecule has 0 unspecified atom stereocenters. The van der Waals surface area contributed by atoms with E-state index in [0.717, 1.165) is 49.7 Å². The van der Waals surface area contributed by atoms with E-state index in [1.165, 1.54) is 0 Å². The lowest BCUT2D eigenvalue weighted by atomic mass is 9.84. The van der Waals surface area contributed by atoms with E-state index in [1.807, 2.05) is 6.92 Å². The maximum absolute atomic E-state index is 11.6. The maximum Gasteiger partial charge on any atom is 0.229 e. The van der Waals surface area contributed by atoms with Gasteiger partial charge in [0.05, 0.1) is 19.8 Å². The summed E-state index contributed by atoms with van der Waals surface area (Å²) in [5, 5.41) is 117. The quantitative estimate of drug-likeness (QED) is 0.0735. The number of phenolic OH excluding ortho intramolecular Hbond substituents is 1. The second-order valence-electron chi connectivity index (χ2n) is 14.4. The van der Waals surface area contributed by atoms with Crippen molar-refractivity contribution < 1.29 is 84.6 Å². The zero-order chi connectivity index (χ0) is 38.6. The number of unbranched alkanes of at least 4 members (excludes halogenated alkanes) is 2. The van der Waals surface area contributed by atoms with Crippen LogP contribution in [0.1, 0.15) is 69.4 Å². The Hall–Kier alpha value is -2.04. The summed E-state index contributed by atoms with van der Waals surface area (Å²) >= 11 is 0. The molecule has 17 heteroatoms. The molecule has 16 atom stereocenters. The zero-order valence-electron chi connectivity index (χ0n) is 29.9. The van der Waals surface area contributed by atoms with E-state index in [-0.39, 0.29) is 17.4 Å². The maximum atomic E-state index is 11.6. The van der Waals surface area contributed by atoms with Crippen molar-refractivity contribution in [3.05, 3.63) is 34.9 Å². The van der Waals surface area contributed by atoms with Crippen molar-refractivity contribution >= 4 is 0 Å². The molecule has 0 amide bonds. The molecule has 0 bridgehead atoms. The summed E-state index contributed by atoms with van der Waals surface area (Å²) in [6, 6.07) is 3.48. The molecule has 53 heavy (non-hydrogen) atoms. The fourth-order valence-electron chi connectivity index (χ4n) is 7.45. The SMILES string of the molecule is CCCCCc1cc(O)c([C@@H]2C=C(C)CCC2)c(O[C@@H]2O[C@H](CO)[C@@H](O)[C@H](O[C@@H]3O[C@H](CO)[C@@H](O)[C@H](O[C@@H]4O[C@H](CO)[C@@H](O)[C@H](O)[C@H]4O)[C@H]3O)[C@H]2O)c1. The predicted molar refractivity (Wildman–Crippen MR) is 181 cm³/mol. The van der Waals surface area contributed by atoms with Crippen LogP contribution in [-0.2, 0) is 30.1 Å². The Morgan fingerprint density at radius 1 is 0.679 bits per heavy atom. The van der Waals surface area contributed by atoms with Crippen LogP contribution in [0.5, 0.6) is 11.5 Å². The molecule has 11 N–H and O–H groups in total. The van der Waals surface area contributed by atoms with E-state index in [2.05, 4.69) is 13.0 Å². The molecule has 4 aliphatic rings. The number of rotatable bonds is 14. The van der Waals surface area contributed by atoms with Gasteiger partial charge in [0, 0.05) is 11.5 Å². The van der Waals surface area contributed by atoms with Crippen LogP contribution in [0.25, 0.3) is 0 Å². The Bertz CT molecular complexity index is 1350. The summed E-state index contributed by atoms with van der Waals surface area (Å²) in [7, 11) is 0. The molecule has 1 aromatic carbocycles. The van der Waals surface area contributed by atoms with Gasteiger partial charge in [0.1, 0.15) is 84.7 Å². The van der Waals surface area contributed by atoms with Gasteiger partial charge in [-0.2, -0.15) is 0 Å². The molecular formula is C36H56O17. The van der Waals surface area contributed by atoms with Gasteiger partial charge >= 0.3 is 0 Å². The van der Waals surface area contributed by atoms with Crippen LogP contribution in [0, 0.1) is 0 Å². The van der Waals surface area contributed by atoms with Crippen LogP contribution >= 0.6 is 0 Å². The first-order chi connectivity index (χ1) is 25.3. The van der Waals surface area contributed by atoms with Crippen molar-refractivity contribution in [2.24, 2.45) is 0 Å². The van der Waals surface area contributed by atoms with Gasteiger partial charge in [-0.3, -0.25) is 0 Å². The molecule has 5 rings (SSSR count). The van der Waals surface area contributed by atoms with E-state index in [4.69, 9.17) is 28.4 Å². The number of phenols is 1. The van der Waals surface area contributed by atoms with E-state index in [0.29, 0.717) is 12.0 Å². The topological polar surface area (TPSA) is 278 Å². The van der Waals surface area contributed by atoms with Gasteiger partial charge in [0.2, 0.25) is 6.29 Å². The van der Waals surface area contributed by atoms with Crippen molar-refractivity contribution in [3.63, 3.8) is 0 Å². The van der Waals surface area contributed by atoms with E-state index < -0.39 is 112 Å². The Balaban J connectivity index is 1.40. The van der Waals surface area contributed by atoms with Gasteiger partial charge in [-0.05, 0) is 56.7 Å². The van der Waals surface area contributed by atoms with Gasteiger partial charge in [-0.15, -0.1) is 0 Å². The van der Waals surface area contributed by atoms with E-state index >= 15 is 0 Å². The number of hydrogen-bond acceptors (Lipinski definition) is 17. The Labute approximate surface area is 307 Å². The minimum atomic E-state index is -1.96. The van der Waals surface area contributed by atoms with Gasteiger partial charge in [-0.1, -0.05) is 31.4 Å². The van der Waals surface area contributed by atoms with Crippen LogP contribution in [0.2, 0.25) is 0 Å². The first-order valence-electron chi connectivity index (χ1n) is 18.4. The third-order valence-corrected chi connectivity index (χ3v) is 10.5. The number of ether oxygens (including phenoxy) is 6. The Morgan fingerprint density at radius 3 is 1.79 bits per heavy atom. The molecular weight excluding hydrogens is 704 g/mol. The average Bonchev–Trinajstić information content (AvgIpc) is 3.13. The lowest BCUT2D eigenvalue weighted by Crippen LogP contribution is -2.67. The third-order valence-electron chi connectivity index (χ3n) is 10.5. The summed E-state index contributed by atoms with van der Waals surface area (Å²) in [4.78, 5) is 0. The second kappa shape index (κ2) is 18.7. The summed E-state index contributed by atoms with van der Waals surface area (Å²) in [6.45, 7) is 1.73. The smallest absolute Gasteiger partial charge is 0.229 e. The van der Waals surface area contributed by atoms with Crippen molar-refractivity contribution in [1.82, 2.24) is 0 Å². The molecule has 1 aromatic rings. The number of allylic oxidation sites excluding steroid dienone is 2. The van der Waals surface area contributed by atoms with Gasteiger partial charge in [-0.25, -0.2) is 0 Å². The fourth-order valence-corrected chi connectivity index (χ4v) is 7.45. The largest absolute Gasteiger partial charge is 0.507 e. The van der Waals surface area contributed by atoms with Gasteiger partial charge < -0.3 is 84.6 Å². The Kier molecular flexibility index (Phi) is 14.9. The molecule has 3 fully saturated rings. The molecule has 3 aliphatic heterocycles. The van der Waals surface area contributed by atoms with Crippen molar-refractivity contribution in [1.29, 1.82) is 0 Å². The van der Waals surface area contributed by atoms with Gasteiger partial charge in [0.15, 0.2) is 12.6 Å². The van der Waals surface area contributed by atoms with Crippen LogP contribution in [0.4, 0.5) is 0 Å². The summed E-state index contributed by atoms with van der Waals surface area (Å²) in [6.07, 6.45) is -17.5. The Morgan fingerprint density at radius 2 is 1.23 bits per heavy atom. The lowest BCUT2D eigenvalue weighted by molar-refractivity contribution is -0.378. The molecule has 3 saturated heterocycles. The zero-order valence-corrected chi connectivity index (χ0v) is 29.9. The summed E-state index contributed by atoms with van der Waals surface area (Å²) in [5.41, 5.74) is 2.43. The summed E-state index contributed by atoms with van der Waals surface area (Å²) in [5.74, 6) is 0.0389. The van der Waals surface area contributed by atoms with Crippen LogP contribution in [0.15, 0.2) is 23.8 Å². The highest BCUT2D eigenvalue weighted by Gasteiger charge is 2.54. The third kappa shape index (κ3) is 9.33. The first kappa shape index (κ1) is 42.1. The fraction of sp³-hybridized carbons (Fsp3) is 0.778. The van der Waals surface area contributed by atoms with Crippen LogP contribution in [-0.4, -0.2) is 168 Å². The minimum absolute atomic E-state index is 0.0135. The molecule has 3 heterocycles. The summed E-state index contributed by atoms with van der Waals surface area (Å²) < 4.78 is 34.6. The molecule has 0 aromatic heterocycles. The first-order valence-corrected chi connectivity index (χ1v) is 18.4. The standard InChI is InChI=1S/C36H56O17/c1-3-4-5-8-17-11-19(40)24(18-9-6-7-16(2)10-18)20(12-17)48-35-30(46)32(26(42)22(14-38)50-35)53-36-31(47)33(27(43)23(15-39)51-36)52-34-29(45)28(44)25(41)21(13-37)49-34/h10-12,18,21-23,25-47H,3-9,13-15H2,1-2H3/t18-,21+,22+,23+,25+,26+,27+,28-,29+,30+,31+,32-,33-,34-,35+,36-/m0/s1. The molecule has 17 nitrogen and oxygen atoms in total.